The molecule has 0 spiro atoms. The Morgan fingerprint density at radius 3 is 2.57 bits per heavy atom. The zero-order valence-electron chi connectivity index (χ0n) is 12.1. The summed E-state index contributed by atoms with van der Waals surface area (Å²) in [6, 6.07) is 11.7. The number of hydrogen-bond donors (Lipinski definition) is 0. The highest BCUT2D eigenvalue weighted by atomic mass is 35.5. The van der Waals surface area contributed by atoms with E-state index in [1.807, 2.05) is 36.4 Å². The van der Waals surface area contributed by atoms with Gasteiger partial charge in [0.05, 0.1) is 0 Å². The first kappa shape index (κ1) is 15.7. The highest BCUT2D eigenvalue weighted by molar-refractivity contribution is 5.85. The van der Waals surface area contributed by atoms with E-state index in [4.69, 9.17) is 9.26 Å². The van der Waals surface area contributed by atoms with Gasteiger partial charge in [-0.15, -0.1) is 12.4 Å². The normalized spacial score (nSPS) is 15.6. The van der Waals surface area contributed by atoms with Crippen LogP contribution in [0.5, 0.6) is 5.75 Å². The molecule has 0 aliphatic carbocycles. The summed E-state index contributed by atoms with van der Waals surface area (Å²) in [5.74, 6) is 2.50. The number of likely N-dealkylation sites (N-methyl/N-ethyl adjacent to an activating group) is 1. The van der Waals surface area contributed by atoms with Crippen LogP contribution in [0.2, 0.25) is 0 Å². The number of halogens is 1. The fraction of sp³-hybridized carbons (Fsp3) is 0.400. The maximum absolute atomic E-state index is 5.65. The Balaban J connectivity index is 0.00000161. The number of benzene rings is 1. The van der Waals surface area contributed by atoms with Gasteiger partial charge in [0.1, 0.15) is 12.4 Å². The minimum atomic E-state index is 0. The van der Waals surface area contributed by atoms with Crippen molar-refractivity contribution in [1.82, 2.24) is 10.1 Å². The average molecular weight is 310 g/mol. The third kappa shape index (κ3) is 4.12. The summed E-state index contributed by atoms with van der Waals surface area (Å²) in [5, 5.41) is 4.13. The van der Waals surface area contributed by atoms with Crippen LogP contribution in [-0.4, -0.2) is 43.3 Å². The van der Waals surface area contributed by atoms with Crippen LogP contribution in [0.1, 0.15) is 5.76 Å². The molecule has 1 aliphatic heterocycles. The largest absolute Gasteiger partial charge is 0.486 e. The van der Waals surface area contributed by atoms with Gasteiger partial charge in [-0.3, -0.25) is 0 Å². The van der Waals surface area contributed by atoms with Gasteiger partial charge >= 0.3 is 0 Å². The highest BCUT2D eigenvalue weighted by Crippen LogP contribution is 2.18. The zero-order chi connectivity index (χ0) is 13.8. The first-order valence-electron chi connectivity index (χ1n) is 6.88. The smallest absolute Gasteiger partial charge is 0.176 e. The topological polar surface area (TPSA) is 41.7 Å². The first-order valence-corrected chi connectivity index (χ1v) is 6.88. The van der Waals surface area contributed by atoms with Gasteiger partial charge in [-0.25, -0.2) is 0 Å². The van der Waals surface area contributed by atoms with Crippen molar-refractivity contribution in [2.75, 3.05) is 38.1 Å². The van der Waals surface area contributed by atoms with Gasteiger partial charge in [-0.1, -0.05) is 23.4 Å². The lowest BCUT2D eigenvalue weighted by Gasteiger charge is -2.31. The number of aromatic nitrogens is 1. The molecule has 0 atom stereocenters. The van der Waals surface area contributed by atoms with Crippen LogP contribution in [0, 0.1) is 0 Å². The van der Waals surface area contributed by atoms with Crippen molar-refractivity contribution in [3.63, 3.8) is 0 Å². The standard InChI is InChI=1S/C15H19N3O2.ClH/c1-17-7-9-18(10-8-17)15-11-14(20-16-15)12-19-13-5-3-2-4-6-13;/h2-6,11H,7-10,12H2,1H3;1H. The molecule has 1 aliphatic rings. The molecule has 21 heavy (non-hydrogen) atoms. The molecular formula is C15H20ClN3O2. The van der Waals surface area contributed by atoms with Crippen LogP contribution >= 0.6 is 12.4 Å². The molecule has 1 fully saturated rings. The molecule has 0 unspecified atom stereocenters. The van der Waals surface area contributed by atoms with Gasteiger partial charge in [0, 0.05) is 32.2 Å². The van der Waals surface area contributed by atoms with Gasteiger partial charge in [0.25, 0.3) is 0 Å². The van der Waals surface area contributed by atoms with Gasteiger partial charge in [0.15, 0.2) is 11.6 Å². The number of nitrogens with zero attached hydrogens (tertiary/aromatic N) is 3. The summed E-state index contributed by atoms with van der Waals surface area (Å²) in [7, 11) is 2.14. The summed E-state index contributed by atoms with van der Waals surface area (Å²) in [5.41, 5.74) is 0. The number of para-hydroxylation sites is 1. The first-order chi connectivity index (χ1) is 9.81. The van der Waals surface area contributed by atoms with Crippen LogP contribution in [0.3, 0.4) is 0 Å². The second-order valence-corrected chi connectivity index (χ2v) is 5.04. The molecule has 2 aromatic rings. The van der Waals surface area contributed by atoms with Crippen LogP contribution in [0.4, 0.5) is 5.82 Å². The predicted molar refractivity (Wildman–Crippen MR) is 84.2 cm³/mol. The van der Waals surface area contributed by atoms with Crippen molar-refractivity contribution >= 4 is 18.2 Å². The van der Waals surface area contributed by atoms with Crippen molar-refractivity contribution in [3.8, 4) is 5.75 Å². The minimum absolute atomic E-state index is 0. The monoisotopic (exact) mass is 309 g/mol. The molecule has 0 N–H and O–H groups in total. The van der Waals surface area contributed by atoms with Crippen molar-refractivity contribution in [2.24, 2.45) is 0 Å². The fourth-order valence-corrected chi connectivity index (χ4v) is 2.23. The summed E-state index contributed by atoms with van der Waals surface area (Å²) < 4.78 is 11.0. The Kier molecular flexibility index (Phi) is 5.47. The Labute approximate surface area is 130 Å². The highest BCUT2D eigenvalue weighted by Gasteiger charge is 2.17. The minimum Gasteiger partial charge on any atom is -0.486 e. The molecule has 1 aromatic carbocycles. The zero-order valence-corrected chi connectivity index (χ0v) is 12.9. The van der Waals surface area contributed by atoms with E-state index in [1.54, 1.807) is 0 Å². The van der Waals surface area contributed by atoms with Crippen molar-refractivity contribution in [2.45, 2.75) is 6.61 Å². The van der Waals surface area contributed by atoms with E-state index in [-0.39, 0.29) is 12.4 Å². The van der Waals surface area contributed by atoms with E-state index in [0.717, 1.165) is 43.5 Å². The van der Waals surface area contributed by atoms with E-state index < -0.39 is 0 Å². The molecule has 0 bridgehead atoms. The number of anilines is 1. The van der Waals surface area contributed by atoms with Crippen molar-refractivity contribution < 1.29 is 9.26 Å². The Hall–Kier alpha value is -1.72. The lowest BCUT2D eigenvalue weighted by atomic mass is 10.3. The molecule has 0 amide bonds. The van der Waals surface area contributed by atoms with E-state index in [1.165, 1.54) is 0 Å². The molecule has 6 heteroatoms. The van der Waals surface area contributed by atoms with Crippen molar-refractivity contribution in [3.05, 3.63) is 42.2 Å². The Morgan fingerprint density at radius 2 is 1.86 bits per heavy atom. The molecule has 1 saturated heterocycles. The van der Waals surface area contributed by atoms with Crippen LogP contribution < -0.4 is 9.64 Å². The number of hydrogen-bond acceptors (Lipinski definition) is 5. The maximum Gasteiger partial charge on any atom is 0.176 e. The summed E-state index contributed by atoms with van der Waals surface area (Å²) in [6.45, 7) is 4.50. The number of piperazine rings is 1. The summed E-state index contributed by atoms with van der Waals surface area (Å²) in [6.07, 6.45) is 0. The van der Waals surface area contributed by atoms with E-state index >= 15 is 0 Å². The van der Waals surface area contributed by atoms with Gasteiger partial charge in [0.2, 0.25) is 0 Å². The molecule has 3 rings (SSSR count). The molecular weight excluding hydrogens is 290 g/mol. The molecule has 0 radical (unpaired) electrons. The summed E-state index contributed by atoms with van der Waals surface area (Å²) in [4.78, 5) is 4.56. The molecule has 0 saturated carbocycles. The lowest BCUT2D eigenvalue weighted by Crippen LogP contribution is -2.44. The molecule has 5 nitrogen and oxygen atoms in total. The van der Waals surface area contributed by atoms with Gasteiger partial charge in [-0.2, -0.15) is 0 Å². The second-order valence-electron chi connectivity index (χ2n) is 5.04. The summed E-state index contributed by atoms with van der Waals surface area (Å²) >= 11 is 0. The third-order valence-electron chi connectivity index (χ3n) is 3.50. The van der Waals surface area contributed by atoms with Crippen LogP contribution in [0.25, 0.3) is 0 Å². The molecule has 1 aromatic heterocycles. The SMILES string of the molecule is CN1CCN(c2cc(COc3ccccc3)on2)CC1.Cl. The third-order valence-corrected chi connectivity index (χ3v) is 3.50. The van der Waals surface area contributed by atoms with E-state index in [0.29, 0.717) is 6.61 Å². The average Bonchev–Trinajstić information content (AvgIpc) is 2.96. The van der Waals surface area contributed by atoms with Crippen LogP contribution in [-0.2, 0) is 6.61 Å². The van der Waals surface area contributed by atoms with Gasteiger partial charge < -0.3 is 19.1 Å². The van der Waals surface area contributed by atoms with Gasteiger partial charge in [-0.05, 0) is 19.2 Å². The predicted octanol–water partition coefficient (Wildman–Crippen LogP) is 2.43. The Morgan fingerprint density at radius 1 is 1.14 bits per heavy atom. The molecule has 2 heterocycles. The number of rotatable bonds is 4. The van der Waals surface area contributed by atoms with E-state index in [2.05, 4.69) is 22.0 Å². The van der Waals surface area contributed by atoms with E-state index in [9.17, 15) is 0 Å². The number of ether oxygens (including phenoxy) is 1. The van der Waals surface area contributed by atoms with Crippen LogP contribution in [0.15, 0.2) is 40.9 Å². The fourth-order valence-electron chi connectivity index (χ4n) is 2.23. The van der Waals surface area contributed by atoms with Crippen molar-refractivity contribution in [1.29, 1.82) is 0 Å². The Bertz CT molecular complexity index is 539. The molecule has 114 valence electrons. The maximum atomic E-state index is 5.65. The lowest BCUT2D eigenvalue weighted by molar-refractivity contribution is 0.249. The second kappa shape index (κ2) is 7.33. The quantitative estimate of drug-likeness (QED) is 0.867.